The summed E-state index contributed by atoms with van der Waals surface area (Å²) in [6, 6.07) is 16.7. The van der Waals surface area contributed by atoms with E-state index >= 15 is 0 Å². The first-order chi connectivity index (χ1) is 16.7. The zero-order valence-corrected chi connectivity index (χ0v) is 25.1. The van der Waals surface area contributed by atoms with Crippen LogP contribution in [0.4, 0.5) is 0 Å². The number of allylic oxidation sites excluding steroid dienone is 2. The molecule has 0 bridgehead atoms. The Bertz CT molecular complexity index is 1240. The van der Waals surface area contributed by atoms with Crippen LogP contribution in [0.25, 0.3) is 12.2 Å². The SMILES string of the molecule is CC(C)(C)C(=O)[O][Ti]1([O]C(=O)C(C)(C)C)[CH]2C(=Cc3ccccc32)[Si](C)(C)C2=Cc3ccccc3[CH]21. The van der Waals surface area contributed by atoms with Crippen LogP contribution in [-0.4, -0.2) is 20.0 Å². The molecule has 1 heterocycles. The molecule has 0 aromatic heterocycles. The molecule has 2 unspecified atom stereocenters. The Morgan fingerprint density at radius 3 is 1.42 bits per heavy atom. The van der Waals surface area contributed by atoms with Crippen LogP contribution in [-0.2, 0) is 33.6 Å². The van der Waals surface area contributed by atoms with Crippen LogP contribution < -0.4 is 0 Å². The predicted molar refractivity (Wildman–Crippen MR) is 143 cm³/mol. The fourth-order valence-electron chi connectivity index (χ4n) is 5.78. The van der Waals surface area contributed by atoms with Crippen molar-refractivity contribution in [3.63, 3.8) is 0 Å². The van der Waals surface area contributed by atoms with Gasteiger partial charge in [-0.15, -0.1) is 0 Å². The molecule has 2 aromatic carbocycles. The van der Waals surface area contributed by atoms with E-state index in [4.69, 9.17) is 6.64 Å². The monoisotopic (exact) mass is 536 g/mol. The van der Waals surface area contributed by atoms with Gasteiger partial charge in [0.1, 0.15) is 0 Å². The summed E-state index contributed by atoms with van der Waals surface area (Å²) in [5, 5.41) is 2.64. The summed E-state index contributed by atoms with van der Waals surface area (Å²) in [5.41, 5.74) is 3.14. The second-order valence-electron chi connectivity index (χ2n) is 12.9. The first-order valence-corrected chi connectivity index (χ1v) is 18.8. The third-order valence-electron chi connectivity index (χ3n) is 7.84. The average Bonchev–Trinajstić information content (AvgIpc) is 3.37. The summed E-state index contributed by atoms with van der Waals surface area (Å²) < 4.78 is 13.2. The minimum atomic E-state index is -4.44. The van der Waals surface area contributed by atoms with Gasteiger partial charge in [-0.25, -0.2) is 0 Å². The molecule has 2 aliphatic carbocycles. The van der Waals surface area contributed by atoms with Gasteiger partial charge in [0, 0.05) is 0 Å². The predicted octanol–water partition coefficient (Wildman–Crippen LogP) is 7.23. The van der Waals surface area contributed by atoms with Crippen molar-refractivity contribution in [2.45, 2.75) is 63.1 Å². The fraction of sp³-hybridized carbons (Fsp3) is 0.400. The molecule has 0 saturated carbocycles. The van der Waals surface area contributed by atoms with Crippen LogP contribution in [0, 0.1) is 10.8 Å². The van der Waals surface area contributed by atoms with Gasteiger partial charge in [-0.3, -0.25) is 0 Å². The fourth-order valence-corrected chi connectivity index (χ4v) is 20.9. The maximum atomic E-state index is 13.7. The Morgan fingerprint density at radius 2 is 1.06 bits per heavy atom. The first-order valence-electron chi connectivity index (χ1n) is 12.8. The van der Waals surface area contributed by atoms with E-state index in [9.17, 15) is 9.59 Å². The van der Waals surface area contributed by atoms with Crippen molar-refractivity contribution in [3.8, 4) is 0 Å². The molecular formula is C30H36O4SiTi. The molecule has 36 heavy (non-hydrogen) atoms. The topological polar surface area (TPSA) is 52.6 Å². The molecule has 1 aliphatic heterocycles. The summed E-state index contributed by atoms with van der Waals surface area (Å²) in [5.74, 6) is -0.587. The van der Waals surface area contributed by atoms with Crippen molar-refractivity contribution < 1.29 is 33.6 Å². The quantitative estimate of drug-likeness (QED) is 0.380. The number of hydrogen-bond acceptors (Lipinski definition) is 4. The van der Waals surface area contributed by atoms with Crippen molar-refractivity contribution >= 4 is 32.2 Å². The Kier molecular flexibility index (Phi) is 5.76. The molecule has 0 radical (unpaired) electrons. The zero-order valence-electron chi connectivity index (χ0n) is 22.6. The Labute approximate surface area is 220 Å². The standard InChI is InChI=1S/C20H18Si.2C5H10O2.Ti/c1-21(2,19-11-15-7-3-4-8-16(15)12-19)20-13-17-9-5-6-10-18(17)14-20;2*1-5(2,3)4(6)7;/h3-14H,1-2H3;2*1-3H3,(H,6,7);/q;;;+2/p-2. The number of fused-ring (bicyclic) bond motifs is 6. The molecule has 1 fully saturated rings. The van der Waals surface area contributed by atoms with Gasteiger partial charge in [0.15, 0.2) is 0 Å². The molecule has 5 rings (SSSR count). The first kappa shape index (κ1) is 25.4. The number of hydrogen-bond donors (Lipinski definition) is 0. The molecule has 2 atom stereocenters. The molecule has 0 spiro atoms. The molecule has 3 aliphatic rings. The number of carbonyl (C=O) groups is 2. The molecule has 2 aromatic rings. The van der Waals surface area contributed by atoms with Crippen molar-refractivity contribution in [1.82, 2.24) is 0 Å². The Hall–Kier alpha value is -2.21. The van der Waals surface area contributed by atoms with Gasteiger partial charge < -0.3 is 0 Å². The van der Waals surface area contributed by atoms with Crippen LogP contribution in [0.15, 0.2) is 58.9 Å². The van der Waals surface area contributed by atoms with Gasteiger partial charge in [0.25, 0.3) is 0 Å². The van der Waals surface area contributed by atoms with Gasteiger partial charge in [0.2, 0.25) is 0 Å². The molecule has 6 heteroatoms. The third kappa shape index (κ3) is 3.74. The summed E-state index contributed by atoms with van der Waals surface area (Å²) in [6.07, 6.45) is 4.62. The van der Waals surface area contributed by atoms with E-state index in [1.54, 1.807) is 0 Å². The van der Waals surface area contributed by atoms with Gasteiger partial charge in [-0.05, 0) is 0 Å². The van der Waals surface area contributed by atoms with Crippen LogP contribution >= 0.6 is 0 Å². The van der Waals surface area contributed by atoms with E-state index < -0.39 is 36.3 Å². The van der Waals surface area contributed by atoms with Gasteiger partial charge in [-0.2, -0.15) is 0 Å². The zero-order chi connectivity index (χ0) is 26.3. The summed E-state index contributed by atoms with van der Waals surface area (Å²) in [4.78, 5) is 27.5. The second kappa shape index (κ2) is 8.14. The van der Waals surface area contributed by atoms with E-state index in [-0.39, 0.29) is 20.4 Å². The van der Waals surface area contributed by atoms with Crippen LogP contribution in [0.5, 0.6) is 0 Å². The molecule has 4 nitrogen and oxygen atoms in total. The molecule has 0 N–H and O–H groups in total. The van der Waals surface area contributed by atoms with Crippen LogP contribution in [0.2, 0.25) is 13.1 Å². The van der Waals surface area contributed by atoms with Gasteiger partial charge in [-0.1, -0.05) is 0 Å². The summed E-state index contributed by atoms with van der Waals surface area (Å²) >= 11 is -4.44. The Morgan fingerprint density at radius 1 is 0.694 bits per heavy atom. The van der Waals surface area contributed by atoms with Gasteiger partial charge >= 0.3 is 221 Å². The molecular weight excluding hydrogens is 500 g/mol. The van der Waals surface area contributed by atoms with E-state index in [1.165, 1.54) is 10.4 Å². The second-order valence-corrected chi connectivity index (χ2v) is 22.0. The molecule has 1 saturated heterocycles. The van der Waals surface area contributed by atoms with Crippen molar-refractivity contribution in [3.05, 3.63) is 81.2 Å². The van der Waals surface area contributed by atoms with Crippen LogP contribution in [0.1, 0.15) is 72.2 Å². The number of carbonyl (C=O) groups excluding carboxylic acids is 2. The van der Waals surface area contributed by atoms with Gasteiger partial charge in [0.05, 0.1) is 0 Å². The minimum absolute atomic E-state index is 0.172. The summed E-state index contributed by atoms with van der Waals surface area (Å²) in [7, 11) is -2.14. The van der Waals surface area contributed by atoms with Crippen molar-refractivity contribution in [2.75, 3.05) is 0 Å². The van der Waals surface area contributed by atoms with E-state index in [2.05, 4.69) is 49.5 Å². The molecule has 0 amide bonds. The van der Waals surface area contributed by atoms with E-state index in [1.807, 2.05) is 65.8 Å². The normalized spacial score (nSPS) is 22.9. The van der Waals surface area contributed by atoms with Crippen molar-refractivity contribution in [2.24, 2.45) is 10.8 Å². The average molecular weight is 537 g/mol. The number of rotatable bonds is 2. The number of benzene rings is 2. The third-order valence-corrected chi connectivity index (χ3v) is 18.5. The van der Waals surface area contributed by atoms with E-state index in [0.29, 0.717) is 0 Å². The summed E-state index contributed by atoms with van der Waals surface area (Å²) in [6.45, 7) is 16.0. The van der Waals surface area contributed by atoms with Crippen molar-refractivity contribution in [1.29, 1.82) is 0 Å². The molecule has 188 valence electrons. The Balaban J connectivity index is 1.84. The van der Waals surface area contributed by atoms with Crippen LogP contribution in [0.3, 0.4) is 0 Å². The van der Waals surface area contributed by atoms with E-state index in [0.717, 1.165) is 22.3 Å². The maximum absolute atomic E-state index is 13.7.